The molecule has 0 saturated carbocycles. The van der Waals surface area contributed by atoms with Crippen LogP contribution in [0.2, 0.25) is 0 Å². The zero-order valence-electron chi connectivity index (χ0n) is 17.5. The van der Waals surface area contributed by atoms with Gasteiger partial charge in [-0.1, -0.05) is 30.3 Å². The molecule has 0 aliphatic heterocycles. The molecule has 32 heavy (non-hydrogen) atoms. The number of rotatable bonds is 5. The minimum atomic E-state index is -0.266. The van der Waals surface area contributed by atoms with Crippen molar-refractivity contribution in [2.45, 2.75) is 13.5 Å². The van der Waals surface area contributed by atoms with Crippen LogP contribution in [-0.4, -0.2) is 19.9 Å². The van der Waals surface area contributed by atoms with Crippen LogP contribution in [0.25, 0.3) is 33.4 Å². The van der Waals surface area contributed by atoms with Crippen molar-refractivity contribution in [3.63, 3.8) is 0 Å². The average molecular weight is 421 g/mol. The lowest BCUT2D eigenvalue weighted by Crippen LogP contribution is -2.06. The Labute approximate surface area is 185 Å². The summed E-state index contributed by atoms with van der Waals surface area (Å²) in [5.41, 5.74) is 4.71. The number of aromatic nitrogens is 4. The van der Waals surface area contributed by atoms with E-state index >= 15 is 0 Å². The van der Waals surface area contributed by atoms with Crippen LogP contribution < -0.4 is 5.32 Å². The maximum atomic E-state index is 14.4. The Morgan fingerprint density at radius 1 is 0.844 bits per heavy atom. The first-order chi connectivity index (χ1) is 15.7. The molecule has 0 atom stereocenters. The molecule has 0 unspecified atom stereocenters. The van der Waals surface area contributed by atoms with E-state index in [2.05, 4.69) is 15.3 Å². The van der Waals surface area contributed by atoms with Gasteiger partial charge in [-0.25, -0.2) is 14.4 Å². The maximum absolute atomic E-state index is 14.4. The van der Waals surface area contributed by atoms with Crippen LogP contribution in [0.4, 0.5) is 10.2 Å². The number of benzene rings is 2. The van der Waals surface area contributed by atoms with E-state index < -0.39 is 0 Å². The fourth-order valence-corrected chi connectivity index (χ4v) is 3.62. The molecule has 3 aromatic heterocycles. The number of fused-ring (bicyclic) bond motifs is 1. The van der Waals surface area contributed by atoms with Crippen LogP contribution in [0, 0.1) is 12.7 Å². The molecule has 5 rings (SSSR count). The van der Waals surface area contributed by atoms with Gasteiger partial charge in [-0.15, -0.1) is 0 Å². The lowest BCUT2D eigenvalue weighted by atomic mass is 10.0. The van der Waals surface area contributed by atoms with E-state index in [-0.39, 0.29) is 5.82 Å². The number of nitrogens with one attached hydrogen (secondary N) is 1. The smallest absolute Gasteiger partial charge is 0.163 e. The zero-order chi connectivity index (χ0) is 21.9. The highest BCUT2D eigenvalue weighted by Crippen LogP contribution is 2.30. The summed E-state index contributed by atoms with van der Waals surface area (Å²) in [6.45, 7) is 2.49. The van der Waals surface area contributed by atoms with Crippen molar-refractivity contribution in [1.29, 1.82) is 0 Å². The number of anilines is 1. The fraction of sp³-hybridized carbons (Fsp3) is 0.0769. The number of hydrogen-bond donors (Lipinski definition) is 1. The van der Waals surface area contributed by atoms with Crippen LogP contribution >= 0.6 is 0 Å². The van der Waals surface area contributed by atoms with Gasteiger partial charge >= 0.3 is 0 Å². The second-order valence-corrected chi connectivity index (χ2v) is 7.47. The molecule has 1 N–H and O–H groups in total. The molecule has 0 saturated heterocycles. The van der Waals surface area contributed by atoms with Crippen molar-refractivity contribution in [2.24, 2.45) is 0 Å². The number of pyridine rings is 2. The molecule has 2 aromatic carbocycles. The summed E-state index contributed by atoms with van der Waals surface area (Å²) >= 11 is 0. The molecule has 0 amide bonds. The van der Waals surface area contributed by atoms with Gasteiger partial charge in [-0.3, -0.25) is 9.97 Å². The quantitative estimate of drug-likeness (QED) is 0.388. The summed E-state index contributed by atoms with van der Waals surface area (Å²) in [6, 6.07) is 22.1. The Balaban J connectivity index is 1.61. The van der Waals surface area contributed by atoms with Crippen molar-refractivity contribution < 1.29 is 4.39 Å². The van der Waals surface area contributed by atoms with Crippen molar-refractivity contribution in [1.82, 2.24) is 19.9 Å². The molecule has 0 spiro atoms. The number of hydrogen-bond acceptors (Lipinski definition) is 5. The van der Waals surface area contributed by atoms with Gasteiger partial charge in [-0.2, -0.15) is 0 Å². The van der Waals surface area contributed by atoms with Crippen molar-refractivity contribution in [3.05, 3.63) is 102 Å². The summed E-state index contributed by atoms with van der Waals surface area (Å²) in [7, 11) is 0. The normalized spacial score (nSPS) is 10.9. The van der Waals surface area contributed by atoms with Crippen LogP contribution in [0.1, 0.15) is 11.4 Å². The highest BCUT2D eigenvalue weighted by atomic mass is 19.1. The topological polar surface area (TPSA) is 63.6 Å². The van der Waals surface area contributed by atoms with Gasteiger partial charge in [0.25, 0.3) is 0 Å². The molecule has 0 fully saturated rings. The SMILES string of the molecule is Cc1cccc(CNc2nc(-c3cccnc3)nc3cc(-c4ccccc4F)ccc23)n1. The van der Waals surface area contributed by atoms with E-state index in [1.807, 2.05) is 61.5 Å². The first kappa shape index (κ1) is 19.8. The van der Waals surface area contributed by atoms with Gasteiger partial charge in [0, 0.05) is 34.6 Å². The number of halogens is 1. The summed E-state index contributed by atoms with van der Waals surface area (Å²) in [5.74, 6) is 0.977. The van der Waals surface area contributed by atoms with Gasteiger partial charge in [0.15, 0.2) is 5.82 Å². The van der Waals surface area contributed by atoms with E-state index in [9.17, 15) is 4.39 Å². The predicted octanol–water partition coefficient (Wildman–Crippen LogP) is 5.81. The maximum Gasteiger partial charge on any atom is 0.163 e. The summed E-state index contributed by atoms with van der Waals surface area (Å²) < 4.78 is 14.4. The average Bonchev–Trinajstić information content (AvgIpc) is 2.83. The Morgan fingerprint density at radius 2 is 1.75 bits per heavy atom. The summed E-state index contributed by atoms with van der Waals surface area (Å²) in [5, 5.41) is 4.26. The van der Waals surface area contributed by atoms with Crippen molar-refractivity contribution in [3.8, 4) is 22.5 Å². The molecule has 6 heteroatoms. The molecular formula is C26H20FN5. The Hall–Kier alpha value is -4.19. The molecule has 156 valence electrons. The Kier molecular flexibility index (Phi) is 5.25. The van der Waals surface area contributed by atoms with Gasteiger partial charge in [0.1, 0.15) is 11.6 Å². The first-order valence-corrected chi connectivity index (χ1v) is 10.3. The molecule has 3 heterocycles. The zero-order valence-corrected chi connectivity index (χ0v) is 17.5. The number of nitrogens with zero attached hydrogens (tertiary/aromatic N) is 4. The van der Waals surface area contributed by atoms with Crippen molar-refractivity contribution >= 4 is 16.7 Å². The minimum absolute atomic E-state index is 0.266. The number of aryl methyl sites for hydroxylation is 1. The molecule has 0 radical (unpaired) electrons. The summed E-state index contributed by atoms with van der Waals surface area (Å²) in [6.07, 6.45) is 3.44. The highest BCUT2D eigenvalue weighted by molar-refractivity contribution is 5.93. The minimum Gasteiger partial charge on any atom is -0.364 e. The third-order valence-corrected chi connectivity index (χ3v) is 5.18. The molecule has 5 aromatic rings. The van der Waals surface area contributed by atoms with Crippen molar-refractivity contribution in [2.75, 3.05) is 5.32 Å². The Bertz CT molecular complexity index is 1400. The summed E-state index contributed by atoms with van der Waals surface area (Å²) in [4.78, 5) is 18.3. The second kappa shape index (κ2) is 8.51. The molecule has 0 bridgehead atoms. The van der Waals surface area contributed by atoms with E-state index in [1.54, 1.807) is 24.5 Å². The van der Waals surface area contributed by atoms with E-state index in [1.165, 1.54) is 6.07 Å². The predicted molar refractivity (Wildman–Crippen MR) is 124 cm³/mol. The van der Waals surface area contributed by atoms with Crippen LogP contribution in [0.3, 0.4) is 0 Å². The van der Waals surface area contributed by atoms with E-state index in [0.717, 1.165) is 33.4 Å². The van der Waals surface area contributed by atoms with Crippen LogP contribution in [0.15, 0.2) is 85.2 Å². The van der Waals surface area contributed by atoms with Gasteiger partial charge in [0.05, 0.1) is 17.8 Å². The third-order valence-electron chi connectivity index (χ3n) is 5.18. The molecule has 5 nitrogen and oxygen atoms in total. The van der Waals surface area contributed by atoms with Gasteiger partial charge < -0.3 is 5.32 Å². The molecule has 0 aliphatic carbocycles. The molecule has 0 aliphatic rings. The van der Waals surface area contributed by atoms with Crippen LogP contribution in [-0.2, 0) is 6.54 Å². The third kappa shape index (κ3) is 4.03. The highest BCUT2D eigenvalue weighted by Gasteiger charge is 2.12. The van der Waals surface area contributed by atoms with E-state index in [0.29, 0.717) is 23.8 Å². The monoisotopic (exact) mass is 421 g/mol. The second-order valence-electron chi connectivity index (χ2n) is 7.47. The molecular weight excluding hydrogens is 401 g/mol. The fourth-order valence-electron chi connectivity index (χ4n) is 3.62. The van der Waals surface area contributed by atoms with E-state index in [4.69, 9.17) is 9.97 Å². The Morgan fingerprint density at radius 3 is 2.56 bits per heavy atom. The first-order valence-electron chi connectivity index (χ1n) is 10.3. The standard InChI is InChI=1S/C26H20FN5/c1-17-6-4-8-20(30-17)16-29-26-22-12-11-18(21-9-2-3-10-23(21)27)14-24(22)31-25(32-26)19-7-5-13-28-15-19/h2-15H,16H2,1H3,(H,29,31,32). The van der Waals surface area contributed by atoms with Gasteiger partial charge in [0.2, 0.25) is 0 Å². The largest absolute Gasteiger partial charge is 0.364 e. The lowest BCUT2D eigenvalue weighted by Gasteiger charge is -2.12. The van der Waals surface area contributed by atoms with Crippen LogP contribution in [0.5, 0.6) is 0 Å². The lowest BCUT2D eigenvalue weighted by molar-refractivity contribution is 0.631. The van der Waals surface area contributed by atoms with Gasteiger partial charge in [-0.05, 0) is 55.0 Å².